The zero-order chi connectivity index (χ0) is 17.5. The van der Waals surface area contributed by atoms with Crippen LogP contribution in [0.1, 0.15) is 22.8 Å². The smallest absolute Gasteiger partial charge is 0.257 e. The van der Waals surface area contributed by atoms with Gasteiger partial charge in [0.05, 0.1) is 19.9 Å². The second-order valence-electron chi connectivity index (χ2n) is 5.02. The normalized spacial score (nSPS) is 9.96. The van der Waals surface area contributed by atoms with Gasteiger partial charge in [0.15, 0.2) is 5.11 Å². The number of nitrogens with one attached hydrogen (secondary N) is 2. The Labute approximate surface area is 147 Å². The van der Waals surface area contributed by atoms with Gasteiger partial charge in [-0.2, -0.15) is 0 Å². The van der Waals surface area contributed by atoms with Crippen LogP contribution in [0, 0.1) is 0 Å². The molecule has 1 amide bonds. The number of thiocarbonyl (C=S) groups is 1. The minimum absolute atomic E-state index is 0.197. The third kappa shape index (κ3) is 4.45. The molecule has 0 heterocycles. The average Bonchev–Trinajstić information content (AvgIpc) is 2.61. The minimum atomic E-state index is -0.261. The fourth-order valence-electron chi connectivity index (χ4n) is 2.12. The van der Waals surface area contributed by atoms with Crippen molar-refractivity contribution in [2.45, 2.75) is 13.3 Å². The molecule has 2 N–H and O–H groups in total. The number of hydrogen-bond donors (Lipinski definition) is 2. The van der Waals surface area contributed by atoms with Crippen molar-refractivity contribution in [2.75, 3.05) is 19.5 Å². The van der Waals surface area contributed by atoms with E-state index in [4.69, 9.17) is 21.7 Å². The summed E-state index contributed by atoms with van der Waals surface area (Å²) in [6.45, 7) is 2.07. The topological polar surface area (TPSA) is 59.6 Å². The number of carbonyl (C=O) groups excluding carboxylic acids is 1. The highest BCUT2D eigenvalue weighted by Gasteiger charge is 2.10. The molecule has 0 aromatic heterocycles. The van der Waals surface area contributed by atoms with Crippen molar-refractivity contribution >= 4 is 28.9 Å². The number of amides is 1. The van der Waals surface area contributed by atoms with Gasteiger partial charge in [0.2, 0.25) is 0 Å². The van der Waals surface area contributed by atoms with E-state index in [-0.39, 0.29) is 11.0 Å². The standard InChI is InChI=1S/C18H20N2O3S/c1-4-12-5-7-13(8-6-12)17(21)20-18(24)19-15-10-9-14(22-2)11-16(15)23-3/h5-11H,4H2,1-3H3,(H2,19,20,21,24). The highest BCUT2D eigenvalue weighted by Crippen LogP contribution is 2.28. The predicted octanol–water partition coefficient (Wildman–Crippen LogP) is 3.39. The van der Waals surface area contributed by atoms with Crippen LogP contribution < -0.4 is 20.1 Å². The van der Waals surface area contributed by atoms with E-state index in [1.807, 2.05) is 12.1 Å². The van der Waals surface area contributed by atoms with Crippen molar-refractivity contribution in [3.8, 4) is 11.5 Å². The first-order valence-corrected chi connectivity index (χ1v) is 7.91. The van der Waals surface area contributed by atoms with Gasteiger partial charge in [0, 0.05) is 11.6 Å². The van der Waals surface area contributed by atoms with Crippen LogP contribution >= 0.6 is 12.2 Å². The first-order valence-electron chi connectivity index (χ1n) is 7.50. The number of methoxy groups -OCH3 is 2. The van der Waals surface area contributed by atoms with E-state index in [9.17, 15) is 4.79 Å². The van der Waals surface area contributed by atoms with E-state index in [2.05, 4.69) is 17.6 Å². The van der Waals surface area contributed by atoms with E-state index in [0.717, 1.165) is 6.42 Å². The first kappa shape index (κ1) is 17.7. The molecule has 24 heavy (non-hydrogen) atoms. The van der Waals surface area contributed by atoms with Gasteiger partial charge in [0.25, 0.3) is 5.91 Å². The predicted molar refractivity (Wildman–Crippen MR) is 99.1 cm³/mol. The molecule has 0 bridgehead atoms. The quantitative estimate of drug-likeness (QED) is 0.814. The summed E-state index contributed by atoms with van der Waals surface area (Å²) in [4.78, 5) is 12.2. The zero-order valence-corrected chi connectivity index (χ0v) is 14.7. The number of aryl methyl sites for hydroxylation is 1. The molecule has 2 rings (SSSR count). The molecule has 0 aliphatic carbocycles. The Kier molecular flexibility index (Phi) is 6.14. The van der Waals surface area contributed by atoms with Gasteiger partial charge in [-0.25, -0.2) is 0 Å². The van der Waals surface area contributed by atoms with Gasteiger partial charge < -0.3 is 14.8 Å². The van der Waals surface area contributed by atoms with E-state index in [1.54, 1.807) is 44.6 Å². The maximum absolute atomic E-state index is 12.2. The molecule has 126 valence electrons. The second kappa shape index (κ2) is 8.31. The molecule has 0 aliphatic rings. The van der Waals surface area contributed by atoms with Crippen molar-refractivity contribution in [3.05, 3.63) is 53.6 Å². The Morgan fingerprint density at radius 1 is 1.08 bits per heavy atom. The lowest BCUT2D eigenvalue weighted by Gasteiger charge is -2.13. The van der Waals surface area contributed by atoms with Crippen LogP contribution in [0.25, 0.3) is 0 Å². The van der Waals surface area contributed by atoms with Gasteiger partial charge >= 0.3 is 0 Å². The number of rotatable bonds is 5. The molecule has 2 aromatic rings. The van der Waals surface area contributed by atoms with Gasteiger partial charge in [-0.3, -0.25) is 10.1 Å². The van der Waals surface area contributed by atoms with Crippen molar-refractivity contribution in [3.63, 3.8) is 0 Å². The van der Waals surface area contributed by atoms with Gasteiger partial charge in [-0.05, 0) is 48.5 Å². The maximum Gasteiger partial charge on any atom is 0.257 e. The van der Waals surface area contributed by atoms with Gasteiger partial charge in [-0.15, -0.1) is 0 Å². The van der Waals surface area contributed by atoms with E-state index in [1.165, 1.54) is 5.56 Å². The molecule has 6 heteroatoms. The monoisotopic (exact) mass is 344 g/mol. The summed E-state index contributed by atoms with van der Waals surface area (Å²) in [5.74, 6) is 0.976. The summed E-state index contributed by atoms with van der Waals surface area (Å²) in [5.41, 5.74) is 2.37. The van der Waals surface area contributed by atoms with E-state index >= 15 is 0 Å². The van der Waals surface area contributed by atoms with E-state index < -0.39 is 0 Å². The Bertz CT molecular complexity index is 730. The second-order valence-corrected chi connectivity index (χ2v) is 5.43. The van der Waals surface area contributed by atoms with Crippen LogP contribution in [0.5, 0.6) is 11.5 Å². The Balaban J connectivity index is 2.03. The van der Waals surface area contributed by atoms with Gasteiger partial charge in [0.1, 0.15) is 11.5 Å². The Morgan fingerprint density at radius 2 is 1.79 bits per heavy atom. The lowest BCUT2D eigenvalue weighted by molar-refractivity contribution is 0.0977. The third-order valence-corrected chi connectivity index (χ3v) is 3.71. The van der Waals surface area contributed by atoms with Crippen LogP contribution in [0.15, 0.2) is 42.5 Å². The number of benzene rings is 2. The minimum Gasteiger partial charge on any atom is -0.497 e. The molecule has 0 unspecified atom stereocenters. The van der Waals surface area contributed by atoms with Gasteiger partial charge in [-0.1, -0.05) is 19.1 Å². The highest BCUT2D eigenvalue weighted by atomic mass is 32.1. The number of ether oxygens (including phenoxy) is 2. The fourth-order valence-corrected chi connectivity index (χ4v) is 2.33. The lowest BCUT2D eigenvalue weighted by atomic mass is 10.1. The number of carbonyl (C=O) groups is 1. The summed E-state index contributed by atoms with van der Waals surface area (Å²) in [6, 6.07) is 12.7. The SMILES string of the molecule is CCc1ccc(C(=O)NC(=S)Nc2ccc(OC)cc2OC)cc1. The zero-order valence-electron chi connectivity index (χ0n) is 13.9. The summed E-state index contributed by atoms with van der Waals surface area (Å²) < 4.78 is 10.4. The molecule has 0 aliphatic heterocycles. The average molecular weight is 344 g/mol. The van der Waals surface area contributed by atoms with Crippen LogP contribution in [0.4, 0.5) is 5.69 Å². The van der Waals surface area contributed by atoms with Crippen molar-refractivity contribution in [1.82, 2.24) is 5.32 Å². The highest BCUT2D eigenvalue weighted by molar-refractivity contribution is 7.80. The van der Waals surface area contributed by atoms with Crippen LogP contribution in [0.3, 0.4) is 0 Å². The largest absolute Gasteiger partial charge is 0.497 e. The number of anilines is 1. The summed E-state index contributed by atoms with van der Waals surface area (Å²) in [5, 5.41) is 5.81. The lowest BCUT2D eigenvalue weighted by Crippen LogP contribution is -2.34. The molecule has 2 aromatic carbocycles. The first-order chi connectivity index (χ1) is 11.6. The Morgan fingerprint density at radius 3 is 2.38 bits per heavy atom. The fraction of sp³-hybridized carbons (Fsp3) is 0.222. The van der Waals surface area contributed by atoms with E-state index in [0.29, 0.717) is 22.7 Å². The van der Waals surface area contributed by atoms with Crippen molar-refractivity contribution in [2.24, 2.45) is 0 Å². The van der Waals surface area contributed by atoms with Crippen molar-refractivity contribution < 1.29 is 14.3 Å². The molecule has 0 saturated heterocycles. The molecule has 0 radical (unpaired) electrons. The summed E-state index contributed by atoms with van der Waals surface area (Å²) >= 11 is 5.20. The molecule has 0 atom stereocenters. The maximum atomic E-state index is 12.2. The van der Waals surface area contributed by atoms with Crippen LogP contribution in [-0.4, -0.2) is 25.2 Å². The van der Waals surface area contributed by atoms with Crippen molar-refractivity contribution in [1.29, 1.82) is 0 Å². The third-order valence-electron chi connectivity index (χ3n) is 3.51. The van der Waals surface area contributed by atoms with Crippen LogP contribution in [0.2, 0.25) is 0 Å². The molecule has 0 fully saturated rings. The molecular weight excluding hydrogens is 324 g/mol. The molecule has 5 nitrogen and oxygen atoms in total. The summed E-state index contributed by atoms with van der Waals surface area (Å²) in [6.07, 6.45) is 0.930. The summed E-state index contributed by atoms with van der Waals surface area (Å²) in [7, 11) is 3.13. The molecule has 0 saturated carbocycles. The molecular formula is C18H20N2O3S. The number of hydrogen-bond acceptors (Lipinski definition) is 4. The Hall–Kier alpha value is -2.60. The van der Waals surface area contributed by atoms with Crippen LogP contribution in [-0.2, 0) is 6.42 Å². The molecule has 0 spiro atoms.